The second-order valence-electron chi connectivity index (χ2n) is 3.73. The first-order valence-corrected chi connectivity index (χ1v) is 4.72. The highest BCUT2D eigenvalue weighted by Gasteiger charge is 2.38. The molecule has 1 fully saturated rings. The van der Waals surface area contributed by atoms with Gasteiger partial charge in [-0.05, 0) is 31.4 Å². The molecule has 1 aliphatic carbocycles. The van der Waals surface area contributed by atoms with Crippen molar-refractivity contribution in [1.29, 1.82) is 0 Å². The lowest BCUT2D eigenvalue weighted by molar-refractivity contribution is -0.0416. The molecule has 2 nitrogen and oxygen atoms in total. The molecule has 0 amide bonds. The first-order chi connectivity index (χ1) is 6.65. The van der Waals surface area contributed by atoms with E-state index in [9.17, 15) is 9.50 Å². The van der Waals surface area contributed by atoms with Gasteiger partial charge < -0.3 is 9.84 Å². The topological polar surface area (TPSA) is 29.5 Å². The molecule has 0 atom stereocenters. The van der Waals surface area contributed by atoms with Crippen molar-refractivity contribution in [1.82, 2.24) is 0 Å². The van der Waals surface area contributed by atoms with Crippen LogP contribution in [0.25, 0.3) is 0 Å². The van der Waals surface area contributed by atoms with Gasteiger partial charge in [0.2, 0.25) is 0 Å². The van der Waals surface area contributed by atoms with Gasteiger partial charge in [-0.3, -0.25) is 0 Å². The fourth-order valence-corrected chi connectivity index (χ4v) is 1.78. The molecular weight excluding hydrogens is 183 g/mol. The molecule has 1 aromatic carbocycles. The maximum atomic E-state index is 13.5. The van der Waals surface area contributed by atoms with Crippen LogP contribution in [0.4, 0.5) is 4.39 Å². The number of hydrogen-bond donors (Lipinski definition) is 1. The summed E-state index contributed by atoms with van der Waals surface area (Å²) in [5.41, 5.74) is -0.541. The normalized spacial score (nSPS) is 18.8. The Labute approximate surface area is 82.3 Å². The summed E-state index contributed by atoms with van der Waals surface area (Å²) >= 11 is 0. The fraction of sp³-hybridized carbons (Fsp3) is 0.455. The molecule has 0 aromatic heterocycles. The summed E-state index contributed by atoms with van der Waals surface area (Å²) < 4.78 is 18.4. The van der Waals surface area contributed by atoms with Gasteiger partial charge in [0, 0.05) is 11.6 Å². The van der Waals surface area contributed by atoms with Gasteiger partial charge in [-0.1, -0.05) is 0 Å². The van der Waals surface area contributed by atoms with E-state index < -0.39 is 5.60 Å². The van der Waals surface area contributed by atoms with E-state index in [1.807, 2.05) is 0 Å². The Morgan fingerprint density at radius 1 is 1.43 bits per heavy atom. The summed E-state index contributed by atoms with van der Waals surface area (Å²) in [5.74, 6) is 0.0979. The van der Waals surface area contributed by atoms with E-state index in [1.165, 1.54) is 13.2 Å². The minimum absolute atomic E-state index is 0.383. The smallest absolute Gasteiger partial charge is 0.132 e. The molecule has 1 N–H and O–H groups in total. The zero-order valence-electron chi connectivity index (χ0n) is 8.09. The standard InChI is InChI=1S/C11H13FO2/c1-14-8-3-4-9(10(12)7-8)11(13)5-2-6-11/h3-4,7,13H,2,5-6H2,1H3. The van der Waals surface area contributed by atoms with Crippen LogP contribution >= 0.6 is 0 Å². The number of halogens is 1. The third-order valence-electron chi connectivity index (χ3n) is 2.86. The molecule has 1 aliphatic rings. The number of ether oxygens (including phenoxy) is 1. The Balaban J connectivity index is 2.35. The summed E-state index contributed by atoms with van der Waals surface area (Å²) in [5, 5.41) is 9.94. The van der Waals surface area contributed by atoms with Crippen molar-refractivity contribution in [2.24, 2.45) is 0 Å². The molecule has 0 unspecified atom stereocenters. The molecule has 14 heavy (non-hydrogen) atoms. The summed E-state index contributed by atoms with van der Waals surface area (Å²) in [7, 11) is 1.49. The quantitative estimate of drug-likeness (QED) is 0.785. The molecule has 0 heterocycles. The largest absolute Gasteiger partial charge is 0.497 e. The van der Waals surface area contributed by atoms with Crippen molar-refractivity contribution >= 4 is 0 Å². The van der Waals surface area contributed by atoms with E-state index >= 15 is 0 Å². The Morgan fingerprint density at radius 3 is 2.57 bits per heavy atom. The van der Waals surface area contributed by atoms with Crippen molar-refractivity contribution in [3.05, 3.63) is 29.6 Å². The highest BCUT2D eigenvalue weighted by molar-refractivity contribution is 5.33. The van der Waals surface area contributed by atoms with Crippen LogP contribution in [-0.4, -0.2) is 12.2 Å². The summed E-state index contributed by atoms with van der Waals surface area (Å²) in [6.07, 6.45) is 2.26. The van der Waals surface area contributed by atoms with Crippen LogP contribution in [0.5, 0.6) is 5.75 Å². The third-order valence-corrected chi connectivity index (χ3v) is 2.86. The molecule has 1 saturated carbocycles. The number of methoxy groups -OCH3 is 1. The van der Waals surface area contributed by atoms with E-state index in [2.05, 4.69) is 0 Å². The highest BCUT2D eigenvalue weighted by atomic mass is 19.1. The molecule has 2 rings (SSSR count). The van der Waals surface area contributed by atoms with E-state index in [1.54, 1.807) is 12.1 Å². The SMILES string of the molecule is COc1ccc(C2(O)CCC2)c(F)c1. The van der Waals surface area contributed by atoms with Gasteiger partial charge in [0.25, 0.3) is 0 Å². The zero-order chi connectivity index (χ0) is 10.2. The van der Waals surface area contributed by atoms with Crippen molar-refractivity contribution in [3.8, 4) is 5.75 Å². The van der Waals surface area contributed by atoms with Crippen molar-refractivity contribution in [3.63, 3.8) is 0 Å². The van der Waals surface area contributed by atoms with Crippen LogP contribution in [0.2, 0.25) is 0 Å². The first kappa shape index (κ1) is 9.46. The maximum absolute atomic E-state index is 13.5. The third kappa shape index (κ3) is 1.38. The molecule has 0 radical (unpaired) electrons. The minimum Gasteiger partial charge on any atom is -0.497 e. The van der Waals surface area contributed by atoms with Crippen LogP contribution in [0.1, 0.15) is 24.8 Å². The van der Waals surface area contributed by atoms with Gasteiger partial charge in [0.15, 0.2) is 0 Å². The minimum atomic E-state index is -0.934. The monoisotopic (exact) mass is 196 g/mol. The van der Waals surface area contributed by atoms with Crippen molar-refractivity contribution in [2.75, 3.05) is 7.11 Å². The molecule has 1 aromatic rings. The van der Waals surface area contributed by atoms with Crippen LogP contribution in [0.3, 0.4) is 0 Å². The molecular formula is C11H13FO2. The van der Waals surface area contributed by atoms with Gasteiger partial charge >= 0.3 is 0 Å². The van der Waals surface area contributed by atoms with Crippen molar-refractivity contribution in [2.45, 2.75) is 24.9 Å². The Kier molecular flexibility index (Phi) is 2.19. The van der Waals surface area contributed by atoms with Gasteiger partial charge in [0.1, 0.15) is 11.6 Å². The van der Waals surface area contributed by atoms with Gasteiger partial charge in [-0.15, -0.1) is 0 Å². The lowest BCUT2D eigenvalue weighted by Gasteiger charge is -2.37. The van der Waals surface area contributed by atoms with Gasteiger partial charge in [-0.25, -0.2) is 4.39 Å². The second kappa shape index (κ2) is 3.24. The number of hydrogen-bond acceptors (Lipinski definition) is 2. The highest BCUT2D eigenvalue weighted by Crippen LogP contribution is 2.42. The van der Waals surface area contributed by atoms with Crippen LogP contribution in [0, 0.1) is 5.82 Å². The Bertz CT molecular complexity index is 345. The maximum Gasteiger partial charge on any atom is 0.132 e. The summed E-state index contributed by atoms with van der Waals surface area (Å²) in [6.45, 7) is 0. The molecule has 3 heteroatoms. The summed E-state index contributed by atoms with van der Waals surface area (Å²) in [4.78, 5) is 0. The first-order valence-electron chi connectivity index (χ1n) is 4.72. The molecule has 0 aliphatic heterocycles. The van der Waals surface area contributed by atoms with Crippen LogP contribution in [0.15, 0.2) is 18.2 Å². The number of aliphatic hydroxyl groups is 1. The van der Waals surface area contributed by atoms with E-state index in [4.69, 9.17) is 4.74 Å². The molecule has 0 bridgehead atoms. The average molecular weight is 196 g/mol. The van der Waals surface area contributed by atoms with Crippen molar-refractivity contribution < 1.29 is 14.2 Å². The second-order valence-corrected chi connectivity index (χ2v) is 3.73. The van der Waals surface area contributed by atoms with E-state index in [0.29, 0.717) is 24.2 Å². The van der Waals surface area contributed by atoms with Gasteiger partial charge in [0.05, 0.1) is 12.7 Å². The van der Waals surface area contributed by atoms with Gasteiger partial charge in [-0.2, -0.15) is 0 Å². The molecule has 0 spiro atoms. The Hall–Kier alpha value is -1.09. The van der Waals surface area contributed by atoms with Crippen LogP contribution < -0.4 is 4.74 Å². The lowest BCUT2D eigenvalue weighted by Crippen LogP contribution is -2.34. The fourth-order valence-electron chi connectivity index (χ4n) is 1.78. The Morgan fingerprint density at radius 2 is 2.14 bits per heavy atom. The predicted molar refractivity (Wildman–Crippen MR) is 50.7 cm³/mol. The van der Waals surface area contributed by atoms with E-state index in [0.717, 1.165) is 6.42 Å². The molecule has 0 saturated heterocycles. The lowest BCUT2D eigenvalue weighted by atomic mass is 9.75. The zero-order valence-corrected chi connectivity index (χ0v) is 8.09. The molecule has 76 valence electrons. The number of benzene rings is 1. The average Bonchev–Trinajstić information content (AvgIpc) is 2.14. The number of rotatable bonds is 2. The van der Waals surface area contributed by atoms with E-state index in [-0.39, 0.29) is 5.82 Å². The van der Waals surface area contributed by atoms with Crippen LogP contribution in [-0.2, 0) is 5.60 Å². The summed E-state index contributed by atoms with van der Waals surface area (Å²) in [6, 6.07) is 4.59. The predicted octanol–water partition coefficient (Wildman–Crippen LogP) is 2.21.